The maximum Gasteiger partial charge on any atom is 0.135 e. The van der Waals surface area contributed by atoms with Crippen LogP contribution in [-0.2, 0) is 37.3 Å². The average molecular weight is 903 g/mol. The number of anilines is 2. The minimum atomic E-state index is -0.363. The summed E-state index contributed by atoms with van der Waals surface area (Å²) in [6, 6.07) is 49.3. The summed E-state index contributed by atoms with van der Waals surface area (Å²) in [7, 11) is 0. The Labute approximate surface area is 342 Å². The number of hydrogen-bond acceptors (Lipinski definition) is 3. The Morgan fingerprint density at radius 3 is 2.02 bits per heavy atom. The first-order chi connectivity index (χ1) is 25.3. The fourth-order valence-corrected chi connectivity index (χ4v) is 7.47. The van der Waals surface area contributed by atoms with Crippen LogP contribution in [-0.4, -0.2) is 16.2 Å². The van der Waals surface area contributed by atoms with E-state index >= 15 is 0 Å². The predicted molar refractivity (Wildman–Crippen MR) is 229 cm³/mol. The van der Waals surface area contributed by atoms with Crippen molar-refractivity contribution >= 4 is 33.2 Å². The second kappa shape index (κ2) is 15.0. The van der Waals surface area contributed by atoms with Gasteiger partial charge in [0.15, 0.2) is 0 Å². The Bertz CT molecular complexity index is 2490. The molecule has 0 saturated heterocycles. The molecule has 3 heterocycles. The summed E-state index contributed by atoms with van der Waals surface area (Å²) in [5, 5.41) is 2.38. The van der Waals surface area contributed by atoms with Crippen molar-refractivity contribution in [2.45, 2.75) is 71.6 Å². The number of aromatic nitrogens is 2. The van der Waals surface area contributed by atoms with E-state index in [1.807, 2.05) is 6.20 Å². The van der Waals surface area contributed by atoms with E-state index in [4.69, 9.17) is 4.98 Å². The molecular weight excluding hydrogens is 852 g/mol. The van der Waals surface area contributed by atoms with Crippen LogP contribution >= 0.6 is 0 Å². The normalized spacial score (nSPS) is 13.3. The fourth-order valence-electron chi connectivity index (χ4n) is 7.47. The van der Waals surface area contributed by atoms with Gasteiger partial charge in [0.05, 0.1) is 12.4 Å². The Kier molecular flexibility index (Phi) is 10.8. The molecule has 0 aliphatic carbocycles. The van der Waals surface area contributed by atoms with Crippen molar-refractivity contribution in [2.75, 3.05) is 16.5 Å². The summed E-state index contributed by atoms with van der Waals surface area (Å²) in [5.41, 5.74) is 11.4. The molecule has 1 aliphatic heterocycles. The van der Waals surface area contributed by atoms with Crippen molar-refractivity contribution in [3.8, 4) is 16.9 Å². The first-order valence-corrected chi connectivity index (χ1v) is 18.7. The van der Waals surface area contributed by atoms with E-state index in [0.29, 0.717) is 6.67 Å². The van der Waals surface area contributed by atoms with Gasteiger partial charge in [0.1, 0.15) is 5.82 Å². The van der Waals surface area contributed by atoms with Crippen LogP contribution in [0.3, 0.4) is 0 Å². The Morgan fingerprint density at radius 2 is 1.27 bits per heavy atom. The molecule has 0 bridgehead atoms. The molecule has 0 fully saturated rings. The number of hydrogen-bond donors (Lipinski definition) is 0. The van der Waals surface area contributed by atoms with Gasteiger partial charge in [-0.25, -0.2) is 4.98 Å². The third kappa shape index (κ3) is 7.42. The monoisotopic (exact) mass is 902 g/mol. The van der Waals surface area contributed by atoms with Crippen LogP contribution < -0.4 is 9.80 Å². The van der Waals surface area contributed by atoms with E-state index in [-0.39, 0.29) is 44.7 Å². The molecule has 1 aliphatic rings. The van der Waals surface area contributed by atoms with Crippen molar-refractivity contribution in [2.24, 2.45) is 0 Å². The summed E-state index contributed by atoms with van der Waals surface area (Å²) >= 11 is 0. The van der Waals surface area contributed by atoms with Gasteiger partial charge in [0, 0.05) is 50.7 Å². The zero-order chi connectivity index (χ0) is 37.1. The Morgan fingerprint density at radius 1 is 0.600 bits per heavy atom. The summed E-state index contributed by atoms with van der Waals surface area (Å²) in [4.78, 5) is 9.51. The molecule has 4 nitrogen and oxygen atoms in total. The average Bonchev–Trinajstić information content (AvgIpc) is 3.78. The van der Waals surface area contributed by atoms with Crippen molar-refractivity contribution in [3.63, 3.8) is 0 Å². The largest absolute Gasteiger partial charge is 0.358 e. The molecule has 0 amide bonds. The molecule has 55 heavy (non-hydrogen) atoms. The molecule has 0 N–H and O–H groups in total. The molecule has 0 saturated carbocycles. The van der Waals surface area contributed by atoms with Crippen LogP contribution in [0.25, 0.3) is 38.8 Å². The van der Waals surface area contributed by atoms with Gasteiger partial charge < -0.3 is 21.8 Å². The summed E-state index contributed by atoms with van der Waals surface area (Å²) in [6.45, 7) is 18.8. The molecule has 284 valence electrons. The maximum absolute atomic E-state index is 4.89. The smallest absolute Gasteiger partial charge is 0.135 e. The molecule has 2 aromatic heterocycles. The van der Waals surface area contributed by atoms with Gasteiger partial charge in [-0.05, 0) is 68.7 Å². The van der Waals surface area contributed by atoms with Crippen molar-refractivity contribution < 1.29 is 21.1 Å². The molecule has 5 aromatic carbocycles. The van der Waals surface area contributed by atoms with Gasteiger partial charge in [0.2, 0.25) is 0 Å². The van der Waals surface area contributed by atoms with Gasteiger partial charge in [-0.3, -0.25) is 0 Å². The molecule has 7 aromatic rings. The Hall–Kier alpha value is -4.92. The second-order valence-corrected chi connectivity index (χ2v) is 16.9. The third-order valence-corrected chi connectivity index (χ3v) is 10.8. The number of pyridine rings is 1. The summed E-state index contributed by atoms with van der Waals surface area (Å²) < 4.78 is 2.28. The van der Waals surface area contributed by atoms with E-state index in [0.717, 1.165) is 33.7 Å². The number of benzene rings is 5. The number of para-hydroxylation sites is 1. The maximum atomic E-state index is 4.89. The van der Waals surface area contributed by atoms with Gasteiger partial charge in [-0.2, -0.15) is 47.5 Å². The van der Waals surface area contributed by atoms with Gasteiger partial charge >= 0.3 is 0 Å². The van der Waals surface area contributed by atoms with Crippen molar-refractivity contribution in [3.05, 3.63) is 176 Å². The van der Waals surface area contributed by atoms with Gasteiger partial charge in [-0.1, -0.05) is 121 Å². The first-order valence-electron chi connectivity index (χ1n) is 18.7. The predicted octanol–water partition coefficient (Wildman–Crippen LogP) is 12.6. The van der Waals surface area contributed by atoms with Crippen LogP contribution in [0.4, 0.5) is 11.4 Å². The third-order valence-electron chi connectivity index (χ3n) is 10.8. The minimum absolute atomic E-state index is 0. The van der Waals surface area contributed by atoms with Crippen LogP contribution in [0.2, 0.25) is 0 Å². The van der Waals surface area contributed by atoms with Crippen LogP contribution in [0, 0.1) is 19.6 Å². The minimum Gasteiger partial charge on any atom is -0.358 e. The SMILES string of the molecule is CC(C)(C)c1ccnc(-n2c3[c-]c(C(C)(C)c4[c-]c(N5C=CN(c6ccc(C(C)(C)C)cc6-c6ccccc6)C5)ccc4)ccc3c3ccccc32)c1.[CH3-].[Pt]. The molecular formula is C50H51N4Pt-3. The van der Waals surface area contributed by atoms with E-state index in [1.165, 1.54) is 38.7 Å². The van der Waals surface area contributed by atoms with Crippen LogP contribution in [0.1, 0.15) is 77.6 Å². The molecule has 8 rings (SSSR count). The van der Waals surface area contributed by atoms with Crippen LogP contribution in [0.5, 0.6) is 0 Å². The van der Waals surface area contributed by atoms with E-state index in [9.17, 15) is 0 Å². The van der Waals surface area contributed by atoms with E-state index in [2.05, 4.69) is 210 Å². The number of nitrogens with zero attached hydrogens (tertiary/aromatic N) is 4. The summed E-state index contributed by atoms with van der Waals surface area (Å²) in [6.07, 6.45) is 6.29. The second-order valence-electron chi connectivity index (χ2n) is 16.9. The van der Waals surface area contributed by atoms with Crippen LogP contribution in [0.15, 0.2) is 134 Å². The number of rotatable bonds is 6. The number of fused-ring (bicyclic) bond motifs is 3. The molecule has 0 unspecified atom stereocenters. The first kappa shape index (κ1) is 39.8. The molecule has 0 spiro atoms. The molecule has 0 atom stereocenters. The molecule has 0 radical (unpaired) electrons. The quantitative estimate of drug-likeness (QED) is 0.155. The molecule has 5 heteroatoms. The zero-order valence-corrected chi connectivity index (χ0v) is 35.8. The zero-order valence-electron chi connectivity index (χ0n) is 33.5. The van der Waals surface area contributed by atoms with Crippen molar-refractivity contribution in [1.29, 1.82) is 0 Å². The van der Waals surface area contributed by atoms with Crippen molar-refractivity contribution in [1.82, 2.24) is 9.55 Å². The Balaban J connectivity index is 0.00000257. The summed E-state index contributed by atoms with van der Waals surface area (Å²) in [5.74, 6) is 0.914. The van der Waals surface area contributed by atoms with Gasteiger partial charge in [0.25, 0.3) is 0 Å². The van der Waals surface area contributed by atoms with E-state index in [1.54, 1.807) is 0 Å². The topological polar surface area (TPSA) is 24.3 Å². The van der Waals surface area contributed by atoms with E-state index < -0.39 is 0 Å². The van der Waals surface area contributed by atoms with Gasteiger partial charge in [-0.15, -0.1) is 11.5 Å². The fraction of sp³-hybridized carbons (Fsp3) is 0.240. The standard InChI is InChI=1S/C49H48N4.CH3.Pt/c1-47(2,3)35-22-24-43(42(30-35)34-15-10-9-11-16-34)52-28-27-51(33-52)39-18-14-17-37(29-39)49(7,8)38-21-23-41-40-19-12-13-20-44(40)53(45(41)31-38)46-32-36(25-26-50-46)48(4,5)6;;/h9-28,30,32H,33H2,1-8H3;1H3;/q-2;-1;.